The molecule has 4 heteroatoms. The summed E-state index contributed by atoms with van der Waals surface area (Å²) in [5, 5.41) is 3.42. The molecule has 19 heavy (non-hydrogen) atoms. The predicted octanol–water partition coefficient (Wildman–Crippen LogP) is 1.63. The van der Waals surface area contributed by atoms with E-state index in [1.165, 1.54) is 5.56 Å². The average molecular weight is 265 g/mol. The Morgan fingerprint density at radius 2 is 2.16 bits per heavy atom. The van der Waals surface area contributed by atoms with Crippen LogP contribution in [0.3, 0.4) is 0 Å². The van der Waals surface area contributed by atoms with Crippen molar-refractivity contribution in [3.8, 4) is 5.75 Å². The lowest BCUT2D eigenvalue weighted by atomic mass is 10.1. The van der Waals surface area contributed by atoms with Crippen LogP contribution in [0.2, 0.25) is 0 Å². The van der Waals surface area contributed by atoms with Crippen LogP contribution in [0.5, 0.6) is 5.75 Å². The molecular weight excluding hydrogens is 242 g/mol. The van der Waals surface area contributed by atoms with E-state index >= 15 is 0 Å². The molecular formula is C15H23NO3. The Morgan fingerprint density at radius 3 is 3.00 bits per heavy atom. The third kappa shape index (κ3) is 4.82. The van der Waals surface area contributed by atoms with Crippen LogP contribution in [0.25, 0.3) is 0 Å². The van der Waals surface area contributed by atoms with Gasteiger partial charge in [0.1, 0.15) is 11.9 Å². The number of para-hydroxylation sites is 1. The first kappa shape index (κ1) is 14.3. The highest BCUT2D eigenvalue weighted by molar-refractivity contribution is 5.37. The number of fused-ring (bicyclic) bond motifs is 1. The minimum absolute atomic E-state index is 0.270. The molecule has 0 bridgehead atoms. The van der Waals surface area contributed by atoms with Crippen LogP contribution in [0.1, 0.15) is 12.0 Å². The van der Waals surface area contributed by atoms with Gasteiger partial charge in [0.15, 0.2) is 0 Å². The number of nitrogens with one attached hydrogen (secondary N) is 1. The molecule has 1 aromatic carbocycles. The highest BCUT2D eigenvalue weighted by Gasteiger charge is 2.21. The first-order valence-corrected chi connectivity index (χ1v) is 6.92. The summed E-state index contributed by atoms with van der Waals surface area (Å²) >= 11 is 0. The summed E-state index contributed by atoms with van der Waals surface area (Å²) in [6.45, 7) is 3.98. The monoisotopic (exact) mass is 265 g/mol. The first-order valence-electron chi connectivity index (χ1n) is 6.92. The van der Waals surface area contributed by atoms with Gasteiger partial charge in [-0.15, -0.1) is 0 Å². The van der Waals surface area contributed by atoms with Crippen LogP contribution in [0, 0.1) is 0 Å². The number of ether oxygens (including phenoxy) is 3. The number of hydrogen-bond acceptors (Lipinski definition) is 4. The highest BCUT2D eigenvalue weighted by atomic mass is 16.5. The lowest BCUT2D eigenvalue weighted by Crippen LogP contribution is -2.31. The molecule has 0 spiro atoms. The maximum atomic E-state index is 5.86. The summed E-state index contributed by atoms with van der Waals surface area (Å²) in [6, 6.07) is 8.26. The van der Waals surface area contributed by atoms with Crippen molar-refractivity contribution in [2.45, 2.75) is 18.9 Å². The molecule has 1 atom stereocenters. The second kappa shape index (κ2) is 8.15. The minimum atomic E-state index is 0.270. The fourth-order valence-corrected chi connectivity index (χ4v) is 2.17. The van der Waals surface area contributed by atoms with Gasteiger partial charge in [0, 0.05) is 26.7 Å². The Morgan fingerprint density at radius 1 is 1.26 bits per heavy atom. The number of rotatable bonds is 9. The van der Waals surface area contributed by atoms with E-state index < -0.39 is 0 Å². The summed E-state index contributed by atoms with van der Waals surface area (Å²) in [5.41, 5.74) is 1.32. The normalized spacial score (nSPS) is 17.2. The van der Waals surface area contributed by atoms with Crippen molar-refractivity contribution in [2.24, 2.45) is 0 Å². The largest absolute Gasteiger partial charge is 0.488 e. The molecule has 0 radical (unpaired) electrons. The van der Waals surface area contributed by atoms with Crippen molar-refractivity contribution in [1.82, 2.24) is 5.32 Å². The smallest absolute Gasteiger partial charge is 0.123 e. The third-order valence-corrected chi connectivity index (χ3v) is 3.16. The van der Waals surface area contributed by atoms with Crippen molar-refractivity contribution in [3.05, 3.63) is 29.8 Å². The van der Waals surface area contributed by atoms with Crippen molar-refractivity contribution in [2.75, 3.05) is 40.0 Å². The zero-order valence-electron chi connectivity index (χ0n) is 11.6. The SMILES string of the molecule is COCCOCCCNCC1Cc2ccccc2O1. The van der Waals surface area contributed by atoms with Crippen LogP contribution in [0.4, 0.5) is 0 Å². The van der Waals surface area contributed by atoms with Gasteiger partial charge in [0.2, 0.25) is 0 Å². The molecule has 2 rings (SSSR count). The van der Waals surface area contributed by atoms with Crippen molar-refractivity contribution in [1.29, 1.82) is 0 Å². The fraction of sp³-hybridized carbons (Fsp3) is 0.600. The summed E-state index contributed by atoms with van der Waals surface area (Å²) in [7, 11) is 1.69. The van der Waals surface area contributed by atoms with Crippen molar-refractivity contribution >= 4 is 0 Å². The Kier molecular flexibility index (Phi) is 6.14. The summed E-state index contributed by atoms with van der Waals surface area (Å²) < 4.78 is 16.2. The lowest BCUT2D eigenvalue weighted by Gasteiger charge is -2.11. The van der Waals surface area contributed by atoms with Gasteiger partial charge in [-0.2, -0.15) is 0 Å². The lowest BCUT2D eigenvalue weighted by molar-refractivity contribution is 0.0692. The molecule has 1 aliphatic rings. The van der Waals surface area contributed by atoms with E-state index in [2.05, 4.69) is 17.4 Å². The summed E-state index contributed by atoms with van der Waals surface area (Å²) in [6.07, 6.45) is 2.29. The molecule has 1 aliphatic heterocycles. The van der Waals surface area contributed by atoms with Crippen LogP contribution >= 0.6 is 0 Å². The van der Waals surface area contributed by atoms with Gasteiger partial charge in [-0.25, -0.2) is 0 Å². The van der Waals surface area contributed by atoms with Gasteiger partial charge in [-0.1, -0.05) is 18.2 Å². The molecule has 1 aromatic rings. The maximum absolute atomic E-state index is 5.86. The quantitative estimate of drug-likeness (QED) is 0.689. The van der Waals surface area contributed by atoms with E-state index in [-0.39, 0.29) is 6.10 Å². The maximum Gasteiger partial charge on any atom is 0.123 e. The van der Waals surface area contributed by atoms with Gasteiger partial charge >= 0.3 is 0 Å². The minimum Gasteiger partial charge on any atom is -0.488 e. The third-order valence-electron chi connectivity index (χ3n) is 3.16. The van der Waals surface area contributed by atoms with Crippen molar-refractivity contribution < 1.29 is 14.2 Å². The van der Waals surface area contributed by atoms with Gasteiger partial charge in [0.25, 0.3) is 0 Å². The molecule has 106 valence electrons. The molecule has 0 amide bonds. The Balaban J connectivity index is 1.49. The molecule has 0 saturated carbocycles. The Labute approximate surface area is 115 Å². The van der Waals surface area contributed by atoms with Crippen LogP contribution < -0.4 is 10.1 Å². The average Bonchev–Trinajstić information content (AvgIpc) is 2.84. The van der Waals surface area contributed by atoms with Crippen LogP contribution in [-0.2, 0) is 15.9 Å². The van der Waals surface area contributed by atoms with E-state index in [1.54, 1.807) is 7.11 Å². The molecule has 0 aliphatic carbocycles. The summed E-state index contributed by atoms with van der Waals surface area (Å²) in [5.74, 6) is 1.04. The number of methoxy groups -OCH3 is 1. The van der Waals surface area contributed by atoms with E-state index in [1.807, 2.05) is 12.1 Å². The molecule has 1 N–H and O–H groups in total. The van der Waals surface area contributed by atoms with E-state index in [4.69, 9.17) is 14.2 Å². The predicted molar refractivity (Wildman–Crippen MR) is 74.7 cm³/mol. The van der Waals surface area contributed by atoms with Gasteiger partial charge in [-0.05, 0) is 24.6 Å². The van der Waals surface area contributed by atoms with E-state index in [9.17, 15) is 0 Å². The second-order valence-corrected chi connectivity index (χ2v) is 4.71. The molecule has 0 fully saturated rings. The summed E-state index contributed by atoms with van der Waals surface area (Å²) in [4.78, 5) is 0. The zero-order chi connectivity index (χ0) is 13.3. The topological polar surface area (TPSA) is 39.7 Å². The van der Waals surface area contributed by atoms with Gasteiger partial charge in [-0.3, -0.25) is 0 Å². The molecule has 4 nitrogen and oxygen atoms in total. The number of hydrogen-bond donors (Lipinski definition) is 1. The zero-order valence-corrected chi connectivity index (χ0v) is 11.6. The van der Waals surface area contributed by atoms with Crippen LogP contribution in [0.15, 0.2) is 24.3 Å². The Hall–Kier alpha value is -1.10. The highest BCUT2D eigenvalue weighted by Crippen LogP contribution is 2.27. The number of benzene rings is 1. The van der Waals surface area contributed by atoms with E-state index in [0.29, 0.717) is 13.2 Å². The Bertz CT molecular complexity index is 345. The first-order chi connectivity index (χ1) is 9.40. The molecule has 0 aromatic heterocycles. The molecule has 0 saturated heterocycles. The van der Waals surface area contributed by atoms with Crippen LogP contribution in [-0.4, -0.2) is 46.1 Å². The fourth-order valence-electron chi connectivity index (χ4n) is 2.17. The molecule has 1 unspecified atom stereocenters. The second-order valence-electron chi connectivity index (χ2n) is 4.71. The molecule has 1 heterocycles. The van der Waals surface area contributed by atoms with Gasteiger partial charge in [0.05, 0.1) is 13.2 Å². The van der Waals surface area contributed by atoms with Gasteiger partial charge < -0.3 is 19.5 Å². The standard InChI is InChI=1S/C15H23NO3/c1-17-9-10-18-8-4-7-16-12-14-11-13-5-2-3-6-15(13)19-14/h2-3,5-6,14,16H,4,7-12H2,1H3. The van der Waals surface area contributed by atoms with E-state index in [0.717, 1.165) is 38.3 Å². The van der Waals surface area contributed by atoms with Crippen molar-refractivity contribution in [3.63, 3.8) is 0 Å².